The Balaban J connectivity index is 1.46. The summed E-state index contributed by atoms with van der Waals surface area (Å²) in [5.74, 6) is -1.77. The summed E-state index contributed by atoms with van der Waals surface area (Å²) in [5.41, 5.74) is 1.91. The van der Waals surface area contributed by atoms with Crippen LogP contribution < -0.4 is 10.9 Å². The van der Waals surface area contributed by atoms with Gasteiger partial charge in [0.2, 0.25) is 0 Å². The van der Waals surface area contributed by atoms with Gasteiger partial charge in [0.25, 0.3) is 11.5 Å². The number of hydrogen-bond donors (Lipinski definition) is 4. The summed E-state index contributed by atoms with van der Waals surface area (Å²) in [6, 6.07) is 2.41. The Kier molecular flexibility index (Phi) is 5.44. The van der Waals surface area contributed by atoms with Crippen LogP contribution in [0.1, 0.15) is 75.4 Å². The minimum absolute atomic E-state index is 0.00477. The average Bonchev–Trinajstić information content (AvgIpc) is 3.59. The highest BCUT2D eigenvalue weighted by atomic mass is 19.1. The van der Waals surface area contributed by atoms with Crippen molar-refractivity contribution >= 4 is 22.8 Å². The molecule has 1 amide bonds. The highest BCUT2D eigenvalue weighted by molar-refractivity contribution is 5.96. The van der Waals surface area contributed by atoms with Gasteiger partial charge in [0.15, 0.2) is 11.3 Å². The first-order valence-electron chi connectivity index (χ1n) is 13.3. The number of carbonyl (C=O) groups is 2. The van der Waals surface area contributed by atoms with Crippen molar-refractivity contribution in [3.63, 3.8) is 0 Å². The van der Waals surface area contributed by atoms with Crippen LogP contribution in [0, 0.1) is 12.7 Å². The van der Waals surface area contributed by atoms with Gasteiger partial charge in [-0.3, -0.25) is 9.59 Å². The predicted octanol–water partition coefficient (Wildman–Crippen LogP) is 1.55. The van der Waals surface area contributed by atoms with Crippen LogP contribution in [0.15, 0.2) is 16.9 Å². The first-order valence-corrected chi connectivity index (χ1v) is 13.3. The van der Waals surface area contributed by atoms with Crippen molar-refractivity contribution in [2.75, 3.05) is 0 Å². The highest BCUT2D eigenvalue weighted by Crippen LogP contribution is 2.46. The largest absolute Gasteiger partial charge is 0.458 e. The first kappa shape index (κ1) is 25.5. The van der Waals surface area contributed by atoms with E-state index in [1.54, 1.807) is 19.9 Å². The van der Waals surface area contributed by atoms with Crippen molar-refractivity contribution in [3.8, 4) is 11.4 Å². The molecular weight excluding hydrogens is 535 g/mol. The van der Waals surface area contributed by atoms with Crippen LogP contribution in [0.2, 0.25) is 0 Å². The van der Waals surface area contributed by atoms with Crippen LogP contribution in [0.4, 0.5) is 4.39 Å². The molecule has 0 radical (unpaired) electrons. The molecule has 0 fully saturated rings. The number of cyclic esters (lactones) is 1. The van der Waals surface area contributed by atoms with Gasteiger partial charge in [-0.2, -0.15) is 15.4 Å². The maximum atomic E-state index is 15.1. The van der Waals surface area contributed by atoms with Gasteiger partial charge in [-0.1, -0.05) is 6.92 Å². The number of aliphatic hydroxyl groups excluding tert-OH is 1. The van der Waals surface area contributed by atoms with Gasteiger partial charge < -0.3 is 24.8 Å². The van der Waals surface area contributed by atoms with Crippen LogP contribution in [0.3, 0.4) is 0 Å². The molecule has 3 aromatic heterocycles. The number of fused-ring (bicyclic) bond motifs is 5. The molecule has 13 heteroatoms. The van der Waals surface area contributed by atoms with Crippen LogP contribution in [-0.2, 0) is 41.3 Å². The number of aryl methyl sites for hydroxylation is 1. The van der Waals surface area contributed by atoms with E-state index in [9.17, 15) is 24.6 Å². The highest BCUT2D eigenvalue weighted by Gasteiger charge is 2.46. The molecule has 7 rings (SSSR count). The minimum Gasteiger partial charge on any atom is -0.458 e. The molecule has 2 aliphatic heterocycles. The maximum absolute atomic E-state index is 15.1. The van der Waals surface area contributed by atoms with E-state index in [2.05, 4.69) is 20.7 Å². The molecule has 0 spiro atoms. The molecule has 2 atom stereocenters. The topological polar surface area (TPSA) is 172 Å². The van der Waals surface area contributed by atoms with Crippen LogP contribution >= 0.6 is 0 Å². The number of carbonyl (C=O) groups excluding carboxylic acids is 2. The Morgan fingerprint density at radius 2 is 2.07 bits per heavy atom. The van der Waals surface area contributed by atoms with Gasteiger partial charge in [-0.25, -0.2) is 14.2 Å². The number of H-pyrrole nitrogens is 1. The molecule has 12 nitrogen and oxygen atoms in total. The molecule has 4 aromatic rings. The Labute approximate surface area is 231 Å². The number of hydrogen-bond acceptors (Lipinski definition) is 9. The van der Waals surface area contributed by atoms with Gasteiger partial charge in [0.05, 0.1) is 41.7 Å². The molecule has 0 saturated carbocycles. The van der Waals surface area contributed by atoms with Crippen molar-refractivity contribution in [1.29, 1.82) is 0 Å². The molecule has 4 N–H and O–H groups in total. The van der Waals surface area contributed by atoms with Crippen molar-refractivity contribution in [3.05, 3.63) is 73.1 Å². The molecule has 5 heterocycles. The van der Waals surface area contributed by atoms with Gasteiger partial charge in [0.1, 0.15) is 18.1 Å². The average molecular weight is 561 g/mol. The number of esters is 1. The zero-order chi connectivity index (χ0) is 28.8. The molecule has 210 valence electrons. The summed E-state index contributed by atoms with van der Waals surface area (Å²) in [5, 5.41) is 34.5. The number of aromatic amines is 1. The maximum Gasteiger partial charge on any atom is 0.343 e. The third kappa shape index (κ3) is 3.39. The van der Waals surface area contributed by atoms with E-state index in [4.69, 9.17) is 9.72 Å². The van der Waals surface area contributed by atoms with Crippen molar-refractivity contribution in [2.45, 2.75) is 64.5 Å². The molecule has 1 aromatic carbocycles. The Morgan fingerprint density at radius 3 is 2.83 bits per heavy atom. The van der Waals surface area contributed by atoms with Crippen LogP contribution in [-0.4, -0.2) is 47.1 Å². The molecule has 3 aliphatic rings. The van der Waals surface area contributed by atoms with Gasteiger partial charge in [-0.15, -0.1) is 0 Å². The van der Waals surface area contributed by atoms with Crippen molar-refractivity contribution in [2.24, 2.45) is 0 Å². The third-order valence-corrected chi connectivity index (χ3v) is 8.67. The van der Waals surface area contributed by atoms with E-state index >= 15 is 4.39 Å². The zero-order valence-electron chi connectivity index (χ0n) is 22.2. The molecule has 0 unspecified atom stereocenters. The Hall–Kier alpha value is -4.49. The summed E-state index contributed by atoms with van der Waals surface area (Å²) in [6.07, 6.45) is 0.930. The number of pyridine rings is 2. The second kappa shape index (κ2) is 8.75. The lowest BCUT2D eigenvalue weighted by molar-refractivity contribution is -0.172. The lowest BCUT2D eigenvalue weighted by Gasteiger charge is -2.31. The van der Waals surface area contributed by atoms with E-state index in [1.807, 2.05) is 0 Å². The standard InChI is InChI=1S/C28H25FN6O6/c1-3-28(40)15-6-20-23-13(8-35(20)26(38)14(15)10-41-27(28)39)22-17(31-25(37)24-19(9-36)32-34-33-24)5-4-12-11(2)16(29)7-18(30-23)21(12)22/h6-7,17,36,40H,3-5,8-10H2,1-2H3,(H,31,37)(H,32,33,34)/t17-,28-/m0/s1. The fourth-order valence-corrected chi connectivity index (χ4v) is 6.47. The number of nitrogens with one attached hydrogen (secondary N) is 2. The summed E-state index contributed by atoms with van der Waals surface area (Å²) in [7, 11) is 0. The third-order valence-electron chi connectivity index (χ3n) is 8.67. The van der Waals surface area contributed by atoms with Crippen LogP contribution in [0.25, 0.3) is 22.3 Å². The monoisotopic (exact) mass is 560 g/mol. The van der Waals surface area contributed by atoms with Gasteiger partial charge >= 0.3 is 5.97 Å². The van der Waals surface area contributed by atoms with E-state index in [1.165, 1.54) is 10.6 Å². The summed E-state index contributed by atoms with van der Waals surface area (Å²) in [4.78, 5) is 44.3. The molecular formula is C28H25FN6O6. The van der Waals surface area contributed by atoms with E-state index in [0.29, 0.717) is 40.9 Å². The SMILES string of the molecule is CC[C@@]1(O)C(=O)OCc2c1cc1n(c2=O)Cc2c-1nc1cc(F)c(C)c3c1c2[C@@H](NC(=O)c1n[nH]nc1CO)CC3. The number of benzene rings is 1. The number of amides is 1. The molecule has 0 bridgehead atoms. The number of ether oxygens (including phenoxy) is 1. The fraction of sp³-hybridized carbons (Fsp3) is 0.357. The van der Waals surface area contributed by atoms with Gasteiger partial charge in [0, 0.05) is 22.6 Å². The number of aliphatic hydroxyl groups is 2. The smallest absolute Gasteiger partial charge is 0.343 e. The Morgan fingerprint density at radius 1 is 1.27 bits per heavy atom. The van der Waals surface area contributed by atoms with Crippen molar-refractivity contribution < 1.29 is 28.9 Å². The predicted molar refractivity (Wildman–Crippen MR) is 140 cm³/mol. The minimum atomic E-state index is -1.98. The first-order chi connectivity index (χ1) is 19.7. The number of nitrogens with zero attached hydrogens (tertiary/aromatic N) is 4. The van der Waals surface area contributed by atoms with Crippen LogP contribution in [0.5, 0.6) is 0 Å². The second-order valence-corrected chi connectivity index (χ2v) is 10.7. The van der Waals surface area contributed by atoms with E-state index < -0.39 is 41.5 Å². The zero-order valence-corrected chi connectivity index (χ0v) is 22.2. The normalized spacial score (nSPS) is 20.4. The number of aromatic nitrogens is 5. The molecule has 1 aliphatic carbocycles. The lowest BCUT2D eigenvalue weighted by Crippen LogP contribution is -2.44. The van der Waals surface area contributed by atoms with Gasteiger partial charge in [-0.05, 0) is 48.9 Å². The summed E-state index contributed by atoms with van der Waals surface area (Å²) < 4.78 is 21.7. The van der Waals surface area contributed by atoms with E-state index in [-0.39, 0.29) is 42.1 Å². The Bertz CT molecular complexity index is 1900. The van der Waals surface area contributed by atoms with E-state index in [0.717, 1.165) is 16.5 Å². The number of halogens is 1. The number of rotatable bonds is 4. The fourth-order valence-electron chi connectivity index (χ4n) is 6.47. The quantitative estimate of drug-likeness (QED) is 0.238. The lowest BCUT2D eigenvalue weighted by atomic mass is 9.81. The molecule has 0 saturated heterocycles. The summed E-state index contributed by atoms with van der Waals surface area (Å²) in [6.45, 7) is 2.73. The summed E-state index contributed by atoms with van der Waals surface area (Å²) >= 11 is 0. The van der Waals surface area contributed by atoms with Crippen molar-refractivity contribution in [1.82, 2.24) is 30.3 Å². The molecule has 41 heavy (non-hydrogen) atoms. The second-order valence-electron chi connectivity index (χ2n) is 10.7.